The molecule has 0 saturated heterocycles. The molecule has 0 atom stereocenters. The zero-order valence-electron chi connectivity index (χ0n) is 11.7. The number of carbonyl (C=O) groups excluding carboxylic acids is 2. The van der Waals surface area contributed by atoms with E-state index in [-0.39, 0.29) is 5.78 Å². The van der Waals surface area contributed by atoms with Crippen LogP contribution in [0.4, 0.5) is 0 Å². The van der Waals surface area contributed by atoms with Crippen LogP contribution >= 0.6 is 0 Å². The summed E-state index contributed by atoms with van der Waals surface area (Å²) in [6.45, 7) is 4.29. The number of ketones is 1. The number of unbranched alkanes of at least 4 members (excludes halogenated alkanes) is 6. The van der Waals surface area contributed by atoms with Crippen LogP contribution in [0, 0.1) is 0 Å². The number of hydrogen-bond acceptors (Lipinski definition) is 3. The van der Waals surface area contributed by atoms with Gasteiger partial charge in [-0.05, 0) is 19.4 Å². The fourth-order valence-electron chi connectivity index (χ4n) is 1.69. The Morgan fingerprint density at radius 2 is 1.50 bits per heavy atom. The van der Waals surface area contributed by atoms with Crippen molar-refractivity contribution >= 4 is 11.8 Å². The summed E-state index contributed by atoms with van der Waals surface area (Å²) in [4.78, 5) is 22.4. The van der Waals surface area contributed by atoms with Crippen LogP contribution in [0.1, 0.15) is 65.2 Å². The van der Waals surface area contributed by atoms with Crippen molar-refractivity contribution in [1.82, 2.24) is 0 Å². The van der Waals surface area contributed by atoms with E-state index in [1.807, 2.05) is 0 Å². The predicted molar refractivity (Wildman–Crippen MR) is 73.4 cm³/mol. The third-order valence-electron chi connectivity index (χ3n) is 2.72. The molecule has 3 nitrogen and oxygen atoms in total. The summed E-state index contributed by atoms with van der Waals surface area (Å²) < 4.78 is 4.69. The zero-order chi connectivity index (χ0) is 13.6. The van der Waals surface area contributed by atoms with Gasteiger partial charge in [0.1, 0.15) is 0 Å². The van der Waals surface area contributed by atoms with Crippen molar-refractivity contribution < 1.29 is 14.3 Å². The van der Waals surface area contributed by atoms with Gasteiger partial charge in [-0.25, -0.2) is 4.79 Å². The summed E-state index contributed by atoms with van der Waals surface area (Å²) in [5.74, 6) is -0.429. The van der Waals surface area contributed by atoms with E-state index in [0.29, 0.717) is 13.0 Å². The van der Waals surface area contributed by atoms with Crippen molar-refractivity contribution in [2.24, 2.45) is 0 Å². The van der Waals surface area contributed by atoms with E-state index < -0.39 is 5.97 Å². The van der Waals surface area contributed by atoms with Crippen LogP contribution in [0.5, 0.6) is 0 Å². The minimum absolute atomic E-state index is 0.0108. The lowest BCUT2D eigenvalue weighted by atomic mass is 10.1. The average Bonchev–Trinajstić information content (AvgIpc) is 2.35. The van der Waals surface area contributed by atoms with Crippen LogP contribution in [-0.2, 0) is 14.3 Å². The highest BCUT2D eigenvalue weighted by Crippen LogP contribution is 2.08. The van der Waals surface area contributed by atoms with E-state index in [1.165, 1.54) is 44.3 Å². The minimum atomic E-state index is -0.439. The smallest absolute Gasteiger partial charge is 0.330 e. The first kappa shape index (κ1) is 16.9. The van der Waals surface area contributed by atoms with E-state index in [4.69, 9.17) is 4.74 Å². The van der Waals surface area contributed by atoms with Crippen molar-refractivity contribution in [3.8, 4) is 0 Å². The normalized spacial score (nSPS) is 10.8. The number of rotatable bonds is 11. The van der Waals surface area contributed by atoms with Gasteiger partial charge in [0.15, 0.2) is 5.78 Å². The molecule has 18 heavy (non-hydrogen) atoms. The molecule has 0 aliphatic carbocycles. The summed E-state index contributed by atoms with van der Waals surface area (Å²) in [5, 5.41) is 0. The maximum absolute atomic E-state index is 11.4. The van der Waals surface area contributed by atoms with Gasteiger partial charge in [-0.2, -0.15) is 0 Å². The van der Waals surface area contributed by atoms with Crippen LogP contribution in [0.2, 0.25) is 0 Å². The molecule has 0 aromatic carbocycles. The molecule has 0 N–H and O–H groups in total. The second-order valence-corrected chi connectivity index (χ2v) is 4.42. The molecule has 0 fully saturated rings. The molecule has 0 unspecified atom stereocenters. The third-order valence-corrected chi connectivity index (χ3v) is 2.72. The number of carbonyl (C=O) groups is 2. The van der Waals surface area contributed by atoms with Crippen molar-refractivity contribution in [1.29, 1.82) is 0 Å². The predicted octanol–water partition coefficient (Wildman–Crippen LogP) is 3.82. The molecule has 0 amide bonds. The molecule has 0 bridgehead atoms. The largest absolute Gasteiger partial charge is 0.463 e. The Balaban J connectivity index is 3.45. The Morgan fingerprint density at radius 3 is 2.11 bits per heavy atom. The first-order chi connectivity index (χ1) is 8.70. The van der Waals surface area contributed by atoms with Crippen molar-refractivity contribution in [3.05, 3.63) is 12.2 Å². The molecule has 0 aromatic heterocycles. The zero-order valence-corrected chi connectivity index (χ0v) is 11.7. The second kappa shape index (κ2) is 12.3. The van der Waals surface area contributed by atoms with Gasteiger partial charge in [0.25, 0.3) is 0 Å². The Morgan fingerprint density at radius 1 is 0.889 bits per heavy atom. The fraction of sp³-hybridized carbons (Fsp3) is 0.733. The van der Waals surface area contributed by atoms with Gasteiger partial charge in [-0.1, -0.05) is 45.4 Å². The maximum Gasteiger partial charge on any atom is 0.330 e. The Kier molecular flexibility index (Phi) is 11.6. The van der Waals surface area contributed by atoms with Gasteiger partial charge in [-0.15, -0.1) is 0 Å². The molecular formula is C15H26O3. The van der Waals surface area contributed by atoms with E-state index in [1.54, 1.807) is 6.92 Å². The first-order valence-electron chi connectivity index (χ1n) is 7.08. The lowest BCUT2D eigenvalue weighted by Gasteiger charge is -1.99. The molecule has 0 aliphatic rings. The minimum Gasteiger partial charge on any atom is -0.463 e. The molecule has 0 heterocycles. The standard InChI is InChI=1S/C15H26O3/c1-3-5-6-7-8-9-10-11-14(16)12-13-15(17)18-4-2/h12-13H,3-11H2,1-2H3. The molecule has 0 saturated carbocycles. The van der Waals surface area contributed by atoms with E-state index >= 15 is 0 Å². The summed E-state index contributed by atoms with van der Waals surface area (Å²) in [6, 6.07) is 0. The van der Waals surface area contributed by atoms with Gasteiger partial charge in [0, 0.05) is 12.5 Å². The van der Waals surface area contributed by atoms with Crippen LogP contribution < -0.4 is 0 Å². The topological polar surface area (TPSA) is 43.4 Å². The highest BCUT2D eigenvalue weighted by molar-refractivity contribution is 5.95. The van der Waals surface area contributed by atoms with E-state index in [2.05, 4.69) is 6.92 Å². The van der Waals surface area contributed by atoms with Crippen molar-refractivity contribution in [3.63, 3.8) is 0 Å². The van der Waals surface area contributed by atoms with Crippen molar-refractivity contribution in [2.45, 2.75) is 65.2 Å². The molecule has 3 heteroatoms. The van der Waals surface area contributed by atoms with E-state index in [9.17, 15) is 9.59 Å². The Bertz CT molecular complexity index is 256. The van der Waals surface area contributed by atoms with Crippen molar-refractivity contribution in [2.75, 3.05) is 6.61 Å². The fourth-order valence-corrected chi connectivity index (χ4v) is 1.69. The number of esters is 1. The number of allylic oxidation sites excluding steroid dienone is 1. The third kappa shape index (κ3) is 11.4. The van der Waals surface area contributed by atoms with Crippen LogP contribution in [0.15, 0.2) is 12.2 Å². The molecular weight excluding hydrogens is 228 g/mol. The van der Waals surface area contributed by atoms with Gasteiger partial charge in [-0.3, -0.25) is 4.79 Å². The molecule has 0 spiro atoms. The van der Waals surface area contributed by atoms with Crippen LogP contribution in [0.25, 0.3) is 0 Å². The van der Waals surface area contributed by atoms with Crippen LogP contribution in [0.3, 0.4) is 0 Å². The second-order valence-electron chi connectivity index (χ2n) is 4.42. The van der Waals surface area contributed by atoms with Gasteiger partial charge < -0.3 is 4.74 Å². The highest BCUT2D eigenvalue weighted by atomic mass is 16.5. The highest BCUT2D eigenvalue weighted by Gasteiger charge is 1.99. The lowest BCUT2D eigenvalue weighted by molar-refractivity contribution is -0.137. The first-order valence-corrected chi connectivity index (χ1v) is 7.08. The summed E-state index contributed by atoms with van der Waals surface area (Å²) in [6.07, 6.45) is 11.4. The van der Waals surface area contributed by atoms with Gasteiger partial charge in [0.2, 0.25) is 0 Å². The van der Waals surface area contributed by atoms with E-state index in [0.717, 1.165) is 12.8 Å². The molecule has 0 aromatic rings. The van der Waals surface area contributed by atoms with Gasteiger partial charge >= 0.3 is 5.97 Å². The van der Waals surface area contributed by atoms with Crippen LogP contribution in [-0.4, -0.2) is 18.4 Å². The molecule has 0 radical (unpaired) electrons. The monoisotopic (exact) mass is 254 g/mol. The summed E-state index contributed by atoms with van der Waals surface area (Å²) in [7, 11) is 0. The number of hydrogen-bond donors (Lipinski definition) is 0. The molecule has 0 rings (SSSR count). The molecule has 104 valence electrons. The summed E-state index contributed by atoms with van der Waals surface area (Å²) >= 11 is 0. The Labute approximate surface area is 111 Å². The SMILES string of the molecule is CCCCCCCCCC(=O)C=CC(=O)OCC. The Hall–Kier alpha value is -1.12. The summed E-state index contributed by atoms with van der Waals surface area (Å²) in [5.41, 5.74) is 0. The maximum atomic E-state index is 11.4. The van der Waals surface area contributed by atoms with Gasteiger partial charge in [0.05, 0.1) is 6.61 Å². The quantitative estimate of drug-likeness (QED) is 0.320. The average molecular weight is 254 g/mol. The molecule has 0 aliphatic heterocycles. The lowest BCUT2D eigenvalue weighted by Crippen LogP contribution is -2.01. The number of ether oxygens (including phenoxy) is 1.